The van der Waals surface area contributed by atoms with Gasteiger partial charge in [0, 0.05) is 26.7 Å². The SMILES string of the molecule is CC(CCCO)NC(=O)N(C)C. The molecule has 0 aliphatic heterocycles. The fourth-order valence-corrected chi connectivity index (χ4v) is 0.810. The number of aliphatic hydroxyl groups is 1. The van der Waals surface area contributed by atoms with Gasteiger partial charge in [0.05, 0.1) is 0 Å². The van der Waals surface area contributed by atoms with Gasteiger partial charge in [-0.25, -0.2) is 4.79 Å². The maximum absolute atomic E-state index is 11.1. The van der Waals surface area contributed by atoms with E-state index < -0.39 is 0 Å². The molecule has 2 amide bonds. The molecule has 0 radical (unpaired) electrons. The van der Waals surface area contributed by atoms with Crippen molar-refractivity contribution in [2.75, 3.05) is 20.7 Å². The van der Waals surface area contributed by atoms with E-state index >= 15 is 0 Å². The van der Waals surface area contributed by atoms with E-state index in [2.05, 4.69) is 5.32 Å². The lowest BCUT2D eigenvalue weighted by Gasteiger charge is -2.17. The van der Waals surface area contributed by atoms with E-state index in [1.165, 1.54) is 4.90 Å². The first-order chi connectivity index (χ1) is 5.57. The van der Waals surface area contributed by atoms with Gasteiger partial charge in [-0.15, -0.1) is 0 Å². The second kappa shape index (κ2) is 5.83. The van der Waals surface area contributed by atoms with Gasteiger partial charge in [-0.1, -0.05) is 0 Å². The third kappa shape index (κ3) is 4.96. The molecule has 2 N–H and O–H groups in total. The molecule has 12 heavy (non-hydrogen) atoms. The maximum atomic E-state index is 11.1. The normalized spacial score (nSPS) is 12.3. The summed E-state index contributed by atoms with van der Waals surface area (Å²) in [4.78, 5) is 12.6. The van der Waals surface area contributed by atoms with Crippen LogP contribution in [0.1, 0.15) is 19.8 Å². The average Bonchev–Trinajstić information content (AvgIpc) is 2.00. The minimum atomic E-state index is -0.0829. The average molecular weight is 174 g/mol. The van der Waals surface area contributed by atoms with Crippen molar-refractivity contribution < 1.29 is 9.90 Å². The summed E-state index contributed by atoms with van der Waals surface area (Å²) in [5, 5.41) is 11.3. The quantitative estimate of drug-likeness (QED) is 0.649. The van der Waals surface area contributed by atoms with Crippen LogP contribution in [0.25, 0.3) is 0 Å². The molecule has 0 rings (SSSR count). The second-order valence-electron chi connectivity index (χ2n) is 3.11. The van der Waals surface area contributed by atoms with Crippen LogP contribution in [0, 0.1) is 0 Å². The van der Waals surface area contributed by atoms with Crippen LogP contribution < -0.4 is 5.32 Å². The third-order valence-electron chi connectivity index (χ3n) is 1.57. The molecule has 0 saturated heterocycles. The van der Waals surface area contributed by atoms with E-state index in [-0.39, 0.29) is 18.7 Å². The molecule has 0 bridgehead atoms. The molecule has 0 aliphatic rings. The van der Waals surface area contributed by atoms with E-state index in [0.717, 1.165) is 12.8 Å². The molecule has 4 nitrogen and oxygen atoms in total. The molecule has 1 atom stereocenters. The van der Waals surface area contributed by atoms with Crippen molar-refractivity contribution >= 4 is 6.03 Å². The zero-order chi connectivity index (χ0) is 9.56. The molecule has 0 heterocycles. The van der Waals surface area contributed by atoms with E-state index in [4.69, 9.17) is 5.11 Å². The standard InChI is InChI=1S/C8H18N2O2/c1-7(5-4-6-11)9-8(12)10(2)3/h7,11H,4-6H2,1-3H3,(H,9,12). The topological polar surface area (TPSA) is 52.6 Å². The van der Waals surface area contributed by atoms with Crippen molar-refractivity contribution in [1.82, 2.24) is 10.2 Å². The Morgan fingerprint density at radius 3 is 2.58 bits per heavy atom. The first-order valence-electron chi connectivity index (χ1n) is 4.16. The van der Waals surface area contributed by atoms with Crippen LogP contribution in [-0.2, 0) is 0 Å². The van der Waals surface area contributed by atoms with E-state index in [1.807, 2.05) is 6.92 Å². The largest absolute Gasteiger partial charge is 0.396 e. The van der Waals surface area contributed by atoms with Gasteiger partial charge in [-0.05, 0) is 19.8 Å². The van der Waals surface area contributed by atoms with Crippen LogP contribution in [0.4, 0.5) is 4.79 Å². The first kappa shape index (κ1) is 11.2. The minimum Gasteiger partial charge on any atom is -0.396 e. The summed E-state index contributed by atoms with van der Waals surface area (Å²) in [7, 11) is 3.40. The van der Waals surface area contributed by atoms with Gasteiger partial charge in [-0.2, -0.15) is 0 Å². The second-order valence-corrected chi connectivity index (χ2v) is 3.11. The highest BCUT2D eigenvalue weighted by Crippen LogP contribution is 1.95. The number of urea groups is 1. The Morgan fingerprint density at radius 2 is 2.17 bits per heavy atom. The Balaban J connectivity index is 3.54. The molecule has 0 fully saturated rings. The zero-order valence-electron chi connectivity index (χ0n) is 8.00. The molecular weight excluding hydrogens is 156 g/mol. The number of rotatable bonds is 4. The summed E-state index contributed by atoms with van der Waals surface area (Å²) in [6.07, 6.45) is 1.55. The van der Waals surface area contributed by atoms with Gasteiger partial charge in [0.25, 0.3) is 0 Å². The summed E-state index contributed by atoms with van der Waals surface area (Å²) in [6.45, 7) is 2.11. The van der Waals surface area contributed by atoms with Crippen molar-refractivity contribution in [3.63, 3.8) is 0 Å². The Labute approximate surface area is 73.6 Å². The summed E-state index contributed by atoms with van der Waals surface area (Å²) in [5.74, 6) is 0. The molecule has 0 saturated carbocycles. The summed E-state index contributed by atoms with van der Waals surface area (Å²) in [5.41, 5.74) is 0. The number of hydrogen-bond acceptors (Lipinski definition) is 2. The van der Waals surface area contributed by atoms with Crippen molar-refractivity contribution in [2.24, 2.45) is 0 Å². The zero-order valence-corrected chi connectivity index (χ0v) is 8.00. The third-order valence-corrected chi connectivity index (χ3v) is 1.57. The number of carbonyl (C=O) groups excluding carboxylic acids is 1. The molecular formula is C8H18N2O2. The Hall–Kier alpha value is -0.770. The molecule has 72 valence electrons. The molecule has 1 unspecified atom stereocenters. The van der Waals surface area contributed by atoms with Gasteiger partial charge in [0.2, 0.25) is 0 Å². The lowest BCUT2D eigenvalue weighted by atomic mass is 10.2. The highest BCUT2D eigenvalue weighted by molar-refractivity contribution is 5.73. The lowest BCUT2D eigenvalue weighted by molar-refractivity contribution is 0.211. The highest BCUT2D eigenvalue weighted by atomic mass is 16.3. The summed E-state index contributed by atoms with van der Waals surface area (Å²) in [6, 6.07) is 0.0486. The molecule has 0 aliphatic carbocycles. The summed E-state index contributed by atoms with van der Waals surface area (Å²) >= 11 is 0. The molecule has 0 aromatic rings. The Bertz CT molecular complexity index is 137. The fraction of sp³-hybridized carbons (Fsp3) is 0.875. The summed E-state index contributed by atoms with van der Waals surface area (Å²) < 4.78 is 0. The van der Waals surface area contributed by atoms with Gasteiger partial charge in [0.15, 0.2) is 0 Å². The first-order valence-corrected chi connectivity index (χ1v) is 4.16. The molecule has 0 aromatic carbocycles. The van der Waals surface area contributed by atoms with Crippen molar-refractivity contribution in [2.45, 2.75) is 25.8 Å². The Morgan fingerprint density at radius 1 is 1.58 bits per heavy atom. The van der Waals surface area contributed by atoms with Crippen LogP contribution in [0.5, 0.6) is 0 Å². The van der Waals surface area contributed by atoms with Crippen LogP contribution in [0.2, 0.25) is 0 Å². The number of aliphatic hydroxyl groups excluding tert-OH is 1. The van der Waals surface area contributed by atoms with E-state index in [1.54, 1.807) is 14.1 Å². The number of carbonyl (C=O) groups is 1. The lowest BCUT2D eigenvalue weighted by Crippen LogP contribution is -2.40. The predicted molar refractivity (Wildman–Crippen MR) is 48.0 cm³/mol. The van der Waals surface area contributed by atoms with E-state index in [0.29, 0.717) is 0 Å². The Kier molecular flexibility index (Phi) is 5.45. The number of amides is 2. The number of nitrogens with one attached hydrogen (secondary N) is 1. The number of nitrogens with zero attached hydrogens (tertiary/aromatic N) is 1. The smallest absolute Gasteiger partial charge is 0.317 e. The van der Waals surface area contributed by atoms with Crippen LogP contribution in [0.15, 0.2) is 0 Å². The van der Waals surface area contributed by atoms with Crippen LogP contribution >= 0.6 is 0 Å². The molecule has 4 heteroatoms. The highest BCUT2D eigenvalue weighted by Gasteiger charge is 2.07. The monoisotopic (exact) mass is 174 g/mol. The fourth-order valence-electron chi connectivity index (χ4n) is 0.810. The van der Waals surface area contributed by atoms with Crippen molar-refractivity contribution in [3.8, 4) is 0 Å². The molecule has 0 aromatic heterocycles. The van der Waals surface area contributed by atoms with Crippen LogP contribution in [-0.4, -0.2) is 42.8 Å². The van der Waals surface area contributed by atoms with Gasteiger partial charge < -0.3 is 15.3 Å². The van der Waals surface area contributed by atoms with E-state index in [9.17, 15) is 4.79 Å². The minimum absolute atomic E-state index is 0.0829. The van der Waals surface area contributed by atoms with Crippen LogP contribution in [0.3, 0.4) is 0 Å². The molecule has 0 spiro atoms. The van der Waals surface area contributed by atoms with Gasteiger partial charge in [0.1, 0.15) is 0 Å². The van der Waals surface area contributed by atoms with Crippen molar-refractivity contribution in [1.29, 1.82) is 0 Å². The predicted octanol–water partition coefficient (Wildman–Crippen LogP) is 0.419. The van der Waals surface area contributed by atoms with Gasteiger partial charge >= 0.3 is 6.03 Å². The maximum Gasteiger partial charge on any atom is 0.317 e. The van der Waals surface area contributed by atoms with Gasteiger partial charge in [-0.3, -0.25) is 0 Å². The number of hydrogen-bond donors (Lipinski definition) is 2. The van der Waals surface area contributed by atoms with Crippen molar-refractivity contribution in [3.05, 3.63) is 0 Å².